The fraction of sp³-hybridized carbons (Fsp3) is 0.0588. The van der Waals surface area contributed by atoms with E-state index in [4.69, 9.17) is 0 Å². The molecule has 3 aromatic rings. The van der Waals surface area contributed by atoms with Gasteiger partial charge < -0.3 is 10.0 Å². The summed E-state index contributed by atoms with van der Waals surface area (Å²) < 4.78 is 0. The number of hydrogen-bond donors (Lipinski definition) is 3. The normalized spacial score (nSPS) is 11.0. The van der Waals surface area contributed by atoms with Crippen LogP contribution in [0.2, 0.25) is 0 Å². The molecule has 5 nitrogen and oxygen atoms in total. The predicted molar refractivity (Wildman–Crippen MR) is 99.8 cm³/mol. The number of hydrazone groups is 1. The average molecular weight is 337 g/mol. The molecule has 0 aliphatic heterocycles. The Morgan fingerprint density at radius 1 is 1.17 bits per heavy atom. The summed E-state index contributed by atoms with van der Waals surface area (Å²) in [5.41, 5.74) is 7.12. The van der Waals surface area contributed by atoms with E-state index < -0.39 is 7.12 Å². The van der Waals surface area contributed by atoms with Crippen molar-refractivity contribution in [2.24, 2.45) is 5.10 Å². The van der Waals surface area contributed by atoms with E-state index in [0.717, 1.165) is 22.4 Å². The molecule has 0 radical (unpaired) electrons. The smallest absolute Gasteiger partial charge is 0.423 e. The van der Waals surface area contributed by atoms with Crippen molar-refractivity contribution in [3.05, 3.63) is 65.0 Å². The quantitative estimate of drug-likeness (QED) is 0.379. The Morgan fingerprint density at radius 3 is 2.71 bits per heavy atom. The standard InChI is InChI=1S/C17H16BN3O2S/c1-12-7-8-15(18(22)23)9-14(12)10-19-21-17-20-16(11-24-17)13-5-3-2-4-6-13/h2-11,22-23H,1H3,(H,20,21). The molecular weight excluding hydrogens is 321 g/mol. The van der Waals surface area contributed by atoms with Gasteiger partial charge in [0.15, 0.2) is 0 Å². The number of nitrogens with zero attached hydrogens (tertiary/aromatic N) is 2. The first-order valence-electron chi connectivity index (χ1n) is 7.40. The lowest BCUT2D eigenvalue weighted by molar-refractivity contribution is 0.426. The summed E-state index contributed by atoms with van der Waals surface area (Å²) in [5, 5.41) is 25.3. The van der Waals surface area contributed by atoms with Gasteiger partial charge in [-0.2, -0.15) is 5.10 Å². The molecule has 24 heavy (non-hydrogen) atoms. The molecule has 0 amide bonds. The molecular formula is C17H16BN3O2S. The Bertz CT molecular complexity index is 850. The van der Waals surface area contributed by atoms with E-state index in [0.29, 0.717) is 10.6 Å². The van der Waals surface area contributed by atoms with Crippen LogP contribution in [0.3, 0.4) is 0 Å². The fourth-order valence-corrected chi connectivity index (χ4v) is 2.85. The molecule has 0 aliphatic carbocycles. The first kappa shape index (κ1) is 16.4. The van der Waals surface area contributed by atoms with Crippen LogP contribution in [0.15, 0.2) is 59.0 Å². The summed E-state index contributed by atoms with van der Waals surface area (Å²) in [6, 6.07) is 15.1. The van der Waals surface area contributed by atoms with Crippen molar-refractivity contribution in [2.45, 2.75) is 6.92 Å². The molecule has 0 fully saturated rings. The highest BCUT2D eigenvalue weighted by Crippen LogP contribution is 2.24. The zero-order valence-electron chi connectivity index (χ0n) is 13.0. The zero-order chi connectivity index (χ0) is 16.9. The van der Waals surface area contributed by atoms with E-state index in [2.05, 4.69) is 15.5 Å². The summed E-state index contributed by atoms with van der Waals surface area (Å²) in [5.74, 6) is 0. The topological polar surface area (TPSA) is 77.7 Å². The number of aromatic nitrogens is 1. The second kappa shape index (κ2) is 7.40. The van der Waals surface area contributed by atoms with Crippen LogP contribution in [0.1, 0.15) is 11.1 Å². The van der Waals surface area contributed by atoms with Crippen LogP contribution in [0.25, 0.3) is 11.3 Å². The molecule has 0 unspecified atom stereocenters. The molecule has 3 rings (SSSR count). The summed E-state index contributed by atoms with van der Waals surface area (Å²) in [6.45, 7) is 1.94. The molecule has 0 bridgehead atoms. The van der Waals surface area contributed by atoms with Crippen molar-refractivity contribution in [2.75, 3.05) is 5.43 Å². The first-order chi connectivity index (χ1) is 11.6. The lowest BCUT2D eigenvalue weighted by Crippen LogP contribution is -2.30. The van der Waals surface area contributed by atoms with E-state index in [1.54, 1.807) is 18.3 Å². The highest BCUT2D eigenvalue weighted by atomic mass is 32.1. The molecule has 0 atom stereocenters. The minimum atomic E-state index is -1.49. The van der Waals surface area contributed by atoms with Gasteiger partial charge in [0.25, 0.3) is 0 Å². The van der Waals surface area contributed by atoms with Gasteiger partial charge in [0.2, 0.25) is 5.13 Å². The molecule has 0 saturated heterocycles. The number of hydrogen-bond acceptors (Lipinski definition) is 6. The van der Waals surface area contributed by atoms with Gasteiger partial charge in [-0.15, -0.1) is 11.3 Å². The second-order valence-electron chi connectivity index (χ2n) is 5.26. The Balaban J connectivity index is 1.71. The van der Waals surface area contributed by atoms with Crippen molar-refractivity contribution < 1.29 is 10.0 Å². The van der Waals surface area contributed by atoms with Crippen molar-refractivity contribution in [3.63, 3.8) is 0 Å². The van der Waals surface area contributed by atoms with Gasteiger partial charge in [-0.3, -0.25) is 5.43 Å². The van der Waals surface area contributed by atoms with E-state index in [-0.39, 0.29) is 0 Å². The van der Waals surface area contributed by atoms with Crippen LogP contribution in [-0.2, 0) is 0 Å². The SMILES string of the molecule is Cc1ccc(B(O)O)cc1C=NNc1nc(-c2ccccc2)cs1. The first-order valence-corrected chi connectivity index (χ1v) is 8.28. The number of thiazole rings is 1. The zero-order valence-corrected chi connectivity index (χ0v) is 13.9. The van der Waals surface area contributed by atoms with E-state index in [1.807, 2.05) is 48.7 Å². The highest BCUT2D eigenvalue weighted by Gasteiger charge is 2.11. The molecule has 0 saturated carbocycles. The summed E-state index contributed by atoms with van der Waals surface area (Å²) in [4.78, 5) is 4.49. The Kier molecular flexibility index (Phi) is 5.05. The van der Waals surface area contributed by atoms with Crippen LogP contribution in [0.5, 0.6) is 0 Å². The van der Waals surface area contributed by atoms with Crippen molar-refractivity contribution in [1.29, 1.82) is 0 Å². The van der Waals surface area contributed by atoms with Crippen LogP contribution >= 0.6 is 11.3 Å². The van der Waals surface area contributed by atoms with Gasteiger partial charge in [-0.25, -0.2) is 4.98 Å². The van der Waals surface area contributed by atoms with E-state index in [1.165, 1.54) is 11.3 Å². The Hall–Kier alpha value is -2.48. The Morgan fingerprint density at radius 2 is 1.96 bits per heavy atom. The molecule has 7 heteroatoms. The van der Waals surface area contributed by atoms with Crippen LogP contribution < -0.4 is 10.9 Å². The largest absolute Gasteiger partial charge is 0.488 e. The number of benzene rings is 2. The number of aryl methyl sites for hydroxylation is 1. The lowest BCUT2D eigenvalue weighted by Gasteiger charge is -2.04. The lowest BCUT2D eigenvalue weighted by atomic mass is 9.79. The molecule has 2 aromatic carbocycles. The van der Waals surface area contributed by atoms with Gasteiger partial charge in [0, 0.05) is 10.9 Å². The van der Waals surface area contributed by atoms with Crippen LogP contribution in [0, 0.1) is 6.92 Å². The summed E-state index contributed by atoms with van der Waals surface area (Å²) >= 11 is 1.48. The van der Waals surface area contributed by atoms with Gasteiger partial charge in [0.05, 0.1) is 11.9 Å². The molecule has 0 aliphatic rings. The Labute approximate surface area is 144 Å². The van der Waals surface area contributed by atoms with Crippen molar-refractivity contribution in [1.82, 2.24) is 4.98 Å². The number of anilines is 1. The third-order valence-electron chi connectivity index (χ3n) is 3.54. The minimum absolute atomic E-state index is 0.433. The third-order valence-corrected chi connectivity index (χ3v) is 4.29. The molecule has 3 N–H and O–H groups in total. The molecule has 120 valence electrons. The van der Waals surface area contributed by atoms with Gasteiger partial charge in [-0.05, 0) is 23.5 Å². The van der Waals surface area contributed by atoms with Gasteiger partial charge >= 0.3 is 7.12 Å². The predicted octanol–water partition coefficient (Wildman–Crippen LogP) is 2.24. The van der Waals surface area contributed by atoms with Crippen molar-refractivity contribution in [3.8, 4) is 11.3 Å². The maximum Gasteiger partial charge on any atom is 0.488 e. The summed E-state index contributed by atoms with van der Waals surface area (Å²) in [6.07, 6.45) is 1.64. The van der Waals surface area contributed by atoms with Gasteiger partial charge in [-0.1, -0.05) is 48.5 Å². The van der Waals surface area contributed by atoms with Crippen LogP contribution in [0.4, 0.5) is 5.13 Å². The second-order valence-corrected chi connectivity index (χ2v) is 6.12. The van der Waals surface area contributed by atoms with E-state index in [9.17, 15) is 10.0 Å². The maximum absolute atomic E-state index is 9.24. The molecule has 0 spiro atoms. The van der Waals surface area contributed by atoms with E-state index >= 15 is 0 Å². The summed E-state index contributed by atoms with van der Waals surface area (Å²) in [7, 11) is -1.49. The molecule has 1 aromatic heterocycles. The van der Waals surface area contributed by atoms with Crippen LogP contribution in [-0.4, -0.2) is 28.4 Å². The highest BCUT2D eigenvalue weighted by molar-refractivity contribution is 7.14. The average Bonchev–Trinajstić information content (AvgIpc) is 3.06. The van der Waals surface area contributed by atoms with Gasteiger partial charge in [0.1, 0.15) is 0 Å². The fourth-order valence-electron chi connectivity index (χ4n) is 2.18. The van der Waals surface area contributed by atoms with Crippen molar-refractivity contribution >= 4 is 35.3 Å². The maximum atomic E-state index is 9.24. The number of nitrogens with one attached hydrogen (secondary N) is 1. The molecule has 1 heterocycles. The monoisotopic (exact) mass is 337 g/mol. The minimum Gasteiger partial charge on any atom is -0.423 e. The third kappa shape index (κ3) is 3.89. The number of rotatable bonds is 5.